The van der Waals surface area contributed by atoms with Crippen molar-refractivity contribution in [3.63, 3.8) is 0 Å². The molecule has 3 aromatic heterocycles. The van der Waals surface area contributed by atoms with Crippen LogP contribution in [0.2, 0.25) is 0 Å². The molecule has 1 aliphatic heterocycles. The van der Waals surface area contributed by atoms with Gasteiger partial charge in [-0.05, 0) is 43.4 Å². The minimum atomic E-state index is -0.197. The number of anilines is 4. The summed E-state index contributed by atoms with van der Waals surface area (Å²) < 4.78 is 1.65. The van der Waals surface area contributed by atoms with Crippen molar-refractivity contribution in [2.75, 3.05) is 62.4 Å². The van der Waals surface area contributed by atoms with Crippen molar-refractivity contribution in [3.8, 4) is 5.69 Å². The Hall–Kier alpha value is -3.98. The fraction of sp³-hybridized carbons (Fsp3) is 0.280. The molecule has 5 rings (SSSR count). The van der Waals surface area contributed by atoms with Gasteiger partial charge in [-0.1, -0.05) is 0 Å². The Kier molecular flexibility index (Phi) is 5.85. The van der Waals surface area contributed by atoms with Gasteiger partial charge >= 0.3 is 0 Å². The zero-order valence-corrected chi connectivity index (χ0v) is 19.6. The van der Waals surface area contributed by atoms with Crippen LogP contribution in [0.25, 0.3) is 16.7 Å². The summed E-state index contributed by atoms with van der Waals surface area (Å²) in [7, 11) is 6.11. The molecule has 34 heavy (non-hydrogen) atoms. The van der Waals surface area contributed by atoms with E-state index in [4.69, 9.17) is 0 Å². The van der Waals surface area contributed by atoms with Crippen LogP contribution in [0.3, 0.4) is 0 Å². The number of piperazine rings is 1. The van der Waals surface area contributed by atoms with Gasteiger partial charge in [0.05, 0.1) is 29.8 Å². The summed E-state index contributed by atoms with van der Waals surface area (Å²) in [6, 6.07) is 13.7. The number of rotatable bonds is 5. The molecule has 9 nitrogen and oxygen atoms in total. The number of nitrogens with one attached hydrogen (secondary N) is 1. The van der Waals surface area contributed by atoms with Gasteiger partial charge in [0.1, 0.15) is 17.2 Å². The van der Waals surface area contributed by atoms with Crippen molar-refractivity contribution in [2.45, 2.75) is 0 Å². The molecule has 4 heterocycles. The zero-order chi connectivity index (χ0) is 23.7. The fourth-order valence-electron chi connectivity index (χ4n) is 4.09. The Labute approximate surface area is 198 Å². The van der Waals surface area contributed by atoms with E-state index in [-0.39, 0.29) is 5.56 Å². The van der Waals surface area contributed by atoms with Gasteiger partial charge in [-0.25, -0.2) is 15.0 Å². The number of likely N-dealkylation sites (N-methyl/N-ethyl adjacent to an activating group) is 1. The first-order valence-electron chi connectivity index (χ1n) is 11.3. The highest BCUT2D eigenvalue weighted by atomic mass is 16.1. The Balaban J connectivity index is 1.42. The molecule has 1 aromatic carbocycles. The van der Waals surface area contributed by atoms with E-state index in [2.05, 4.69) is 43.2 Å². The van der Waals surface area contributed by atoms with Gasteiger partial charge in [-0.15, -0.1) is 0 Å². The number of pyridine rings is 2. The van der Waals surface area contributed by atoms with E-state index in [1.54, 1.807) is 10.8 Å². The maximum absolute atomic E-state index is 12.8. The molecule has 1 aliphatic rings. The minimum absolute atomic E-state index is 0.197. The third-order valence-corrected chi connectivity index (χ3v) is 6.13. The summed E-state index contributed by atoms with van der Waals surface area (Å²) in [4.78, 5) is 32.8. The molecule has 1 fully saturated rings. The molecule has 0 bridgehead atoms. The topological polar surface area (TPSA) is 82.4 Å². The highest BCUT2D eigenvalue weighted by Crippen LogP contribution is 2.22. The van der Waals surface area contributed by atoms with Gasteiger partial charge in [-0.2, -0.15) is 0 Å². The first-order chi connectivity index (χ1) is 16.5. The molecule has 174 valence electrons. The number of nitrogens with zero attached hydrogens (tertiary/aromatic N) is 7. The second-order valence-corrected chi connectivity index (χ2v) is 8.72. The fourth-order valence-corrected chi connectivity index (χ4v) is 4.09. The Morgan fingerprint density at radius 1 is 0.824 bits per heavy atom. The Bertz CT molecular complexity index is 1340. The van der Waals surface area contributed by atoms with Crippen LogP contribution in [0.5, 0.6) is 0 Å². The molecule has 4 aromatic rings. The number of hydrogen-bond donors (Lipinski definition) is 1. The SMILES string of the molecule is CN1CCN(c2ccc(Nc3cc4c(cn3)ncc(=O)n4-c3ccc(N(C)C)cc3)nc2)CC1. The number of aromatic nitrogens is 4. The normalized spacial score (nSPS) is 14.4. The van der Waals surface area contributed by atoms with E-state index in [1.807, 2.05) is 61.6 Å². The van der Waals surface area contributed by atoms with Crippen molar-refractivity contribution in [3.05, 3.63) is 71.4 Å². The lowest BCUT2D eigenvalue weighted by Crippen LogP contribution is -2.44. The molecule has 0 atom stereocenters. The zero-order valence-electron chi connectivity index (χ0n) is 19.6. The molecule has 0 radical (unpaired) electrons. The lowest BCUT2D eigenvalue weighted by Gasteiger charge is -2.33. The van der Waals surface area contributed by atoms with E-state index in [1.165, 1.54) is 6.20 Å². The largest absolute Gasteiger partial charge is 0.378 e. The van der Waals surface area contributed by atoms with Gasteiger partial charge in [0.25, 0.3) is 5.56 Å². The van der Waals surface area contributed by atoms with Crippen LogP contribution in [-0.2, 0) is 0 Å². The van der Waals surface area contributed by atoms with Crippen molar-refractivity contribution in [1.29, 1.82) is 0 Å². The average Bonchev–Trinajstić information content (AvgIpc) is 2.85. The number of fused-ring (bicyclic) bond motifs is 1. The predicted octanol–water partition coefficient (Wildman–Crippen LogP) is 2.74. The molecular weight excluding hydrogens is 428 g/mol. The van der Waals surface area contributed by atoms with Crippen LogP contribution >= 0.6 is 0 Å². The van der Waals surface area contributed by atoms with E-state index >= 15 is 0 Å². The molecule has 0 amide bonds. The highest BCUT2D eigenvalue weighted by Gasteiger charge is 2.15. The van der Waals surface area contributed by atoms with Crippen molar-refractivity contribution < 1.29 is 0 Å². The molecule has 9 heteroatoms. The Morgan fingerprint density at radius 2 is 1.53 bits per heavy atom. The van der Waals surface area contributed by atoms with E-state index in [9.17, 15) is 4.79 Å². The number of benzene rings is 1. The van der Waals surface area contributed by atoms with E-state index in [0.29, 0.717) is 22.7 Å². The van der Waals surface area contributed by atoms with Crippen LogP contribution < -0.4 is 20.7 Å². The van der Waals surface area contributed by atoms with Crippen LogP contribution in [0.1, 0.15) is 0 Å². The maximum atomic E-state index is 12.8. The third kappa shape index (κ3) is 4.42. The van der Waals surface area contributed by atoms with Gasteiger partial charge < -0.3 is 20.0 Å². The standard InChI is InChI=1S/C25H28N8O/c1-30(2)18-4-6-19(7-5-18)33-22-14-24(28-16-21(22)26-17-25(33)34)29-23-9-8-20(15-27-23)32-12-10-31(3)11-13-32/h4-9,14-17H,10-13H2,1-3H3,(H,27,28,29). The summed E-state index contributed by atoms with van der Waals surface area (Å²) in [5.74, 6) is 1.29. The monoisotopic (exact) mass is 456 g/mol. The molecule has 0 spiro atoms. The van der Waals surface area contributed by atoms with Crippen LogP contribution in [0, 0.1) is 0 Å². The van der Waals surface area contributed by atoms with E-state index < -0.39 is 0 Å². The van der Waals surface area contributed by atoms with Crippen LogP contribution in [-0.4, -0.2) is 71.7 Å². The Morgan fingerprint density at radius 3 is 2.21 bits per heavy atom. The summed E-state index contributed by atoms with van der Waals surface area (Å²) in [5.41, 5.74) is 4.07. The average molecular weight is 457 g/mol. The smallest absolute Gasteiger partial charge is 0.274 e. The summed E-state index contributed by atoms with van der Waals surface area (Å²) in [6.07, 6.45) is 4.88. The quantitative estimate of drug-likeness (QED) is 0.491. The molecule has 1 N–H and O–H groups in total. The highest BCUT2D eigenvalue weighted by molar-refractivity contribution is 5.79. The second-order valence-electron chi connectivity index (χ2n) is 8.72. The first-order valence-corrected chi connectivity index (χ1v) is 11.3. The summed E-state index contributed by atoms with van der Waals surface area (Å²) >= 11 is 0. The van der Waals surface area contributed by atoms with Gasteiger partial charge in [-0.3, -0.25) is 9.36 Å². The third-order valence-electron chi connectivity index (χ3n) is 6.13. The molecule has 0 unspecified atom stereocenters. The summed E-state index contributed by atoms with van der Waals surface area (Å²) in [5, 5.41) is 3.26. The van der Waals surface area contributed by atoms with Crippen molar-refractivity contribution in [1.82, 2.24) is 24.4 Å². The first kappa shape index (κ1) is 21.8. The van der Waals surface area contributed by atoms with Crippen LogP contribution in [0.15, 0.2) is 65.8 Å². The maximum Gasteiger partial charge on any atom is 0.274 e. The molecule has 0 saturated carbocycles. The lowest BCUT2D eigenvalue weighted by molar-refractivity contribution is 0.313. The summed E-state index contributed by atoms with van der Waals surface area (Å²) in [6.45, 7) is 4.09. The van der Waals surface area contributed by atoms with Gasteiger partial charge in [0.2, 0.25) is 0 Å². The van der Waals surface area contributed by atoms with Gasteiger partial charge in [0.15, 0.2) is 0 Å². The van der Waals surface area contributed by atoms with Gasteiger partial charge in [0, 0.05) is 57.7 Å². The number of hydrogen-bond acceptors (Lipinski definition) is 8. The van der Waals surface area contributed by atoms with E-state index in [0.717, 1.165) is 43.2 Å². The minimum Gasteiger partial charge on any atom is -0.378 e. The molecule has 1 saturated heterocycles. The predicted molar refractivity (Wildman–Crippen MR) is 137 cm³/mol. The molecular formula is C25H28N8O. The van der Waals surface area contributed by atoms with Crippen molar-refractivity contribution in [2.24, 2.45) is 0 Å². The second kappa shape index (κ2) is 9.11. The molecule has 0 aliphatic carbocycles. The lowest BCUT2D eigenvalue weighted by atomic mass is 10.2. The van der Waals surface area contributed by atoms with Crippen molar-refractivity contribution >= 4 is 34.0 Å². The van der Waals surface area contributed by atoms with Crippen LogP contribution in [0.4, 0.5) is 23.0 Å².